The molecule has 5 aromatic rings. The van der Waals surface area contributed by atoms with Crippen LogP contribution in [0.4, 0.5) is 17.1 Å². The highest BCUT2D eigenvalue weighted by atomic mass is 33.1. The van der Waals surface area contributed by atoms with Crippen molar-refractivity contribution in [1.29, 1.82) is 0 Å². The SMILES string of the molecule is CC(C)(SS)c1ccc(N(c2ccc3c(c2)C(C)(C)c2ccccc2-3)c2ccccc2-c2ccccc2)cc1. The quantitative estimate of drug-likeness (QED) is 0.168. The zero-order chi connectivity index (χ0) is 27.2. The summed E-state index contributed by atoms with van der Waals surface area (Å²) in [5.74, 6) is 0. The average Bonchev–Trinajstić information content (AvgIpc) is 3.20. The van der Waals surface area contributed by atoms with Gasteiger partial charge in [-0.2, -0.15) is 0 Å². The standard InChI is InChI=1S/C36H33NS2/c1-35(2)32-16-10-8-15-30(32)31-23-22-28(24-33(31)35)37(27-20-18-26(19-21-27)36(3,4)39-38)34-17-11-9-14-29(34)25-12-6-5-7-13-25/h5-24,38H,1-4H3. The molecule has 0 atom stereocenters. The molecule has 0 radical (unpaired) electrons. The van der Waals surface area contributed by atoms with Crippen LogP contribution in [0, 0.1) is 0 Å². The molecule has 0 heterocycles. The van der Waals surface area contributed by atoms with Crippen LogP contribution in [0.25, 0.3) is 22.3 Å². The summed E-state index contributed by atoms with van der Waals surface area (Å²) in [7, 11) is 1.58. The molecule has 0 saturated carbocycles. The molecule has 1 aliphatic rings. The van der Waals surface area contributed by atoms with Crippen molar-refractivity contribution in [3.05, 3.63) is 138 Å². The molecule has 6 rings (SSSR count). The second-order valence-corrected chi connectivity index (χ2v) is 13.0. The van der Waals surface area contributed by atoms with E-state index in [1.54, 1.807) is 10.8 Å². The molecule has 0 spiro atoms. The third-order valence-corrected chi connectivity index (χ3v) is 10.2. The van der Waals surface area contributed by atoms with E-state index in [9.17, 15) is 0 Å². The van der Waals surface area contributed by atoms with Gasteiger partial charge in [0.2, 0.25) is 0 Å². The van der Waals surface area contributed by atoms with Crippen molar-refractivity contribution in [2.45, 2.75) is 37.9 Å². The van der Waals surface area contributed by atoms with Crippen molar-refractivity contribution >= 4 is 39.5 Å². The fraction of sp³-hybridized carbons (Fsp3) is 0.167. The molecule has 0 N–H and O–H groups in total. The van der Waals surface area contributed by atoms with E-state index >= 15 is 0 Å². The molecular weight excluding hydrogens is 511 g/mol. The number of nitrogens with zero attached hydrogens (tertiary/aromatic N) is 1. The summed E-state index contributed by atoms with van der Waals surface area (Å²) < 4.78 is -0.0716. The Morgan fingerprint density at radius 1 is 0.615 bits per heavy atom. The Morgan fingerprint density at radius 2 is 1.21 bits per heavy atom. The highest BCUT2D eigenvalue weighted by Gasteiger charge is 2.35. The van der Waals surface area contributed by atoms with Crippen molar-refractivity contribution in [2.75, 3.05) is 4.90 Å². The van der Waals surface area contributed by atoms with Gasteiger partial charge in [-0.1, -0.05) is 116 Å². The van der Waals surface area contributed by atoms with E-state index in [2.05, 4.69) is 166 Å². The summed E-state index contributed by atoms with van der Waals surface area (Å²) >= 11 is 4.53. The first kappa shape index (κ1) is 25.9. The summed E-state index contributed by atoms with van der Waals surface area (Å²) in [6, 6.07) is 44.2. The van der Waals surface area contributed by atoms with Crippen LogP contribution in [0.1, 0.15) is 44.4 Å². The second-order valence-electron chi connectivity index (χ2n) is 11.3. The Balaban J connectivity index is 1.55. The minimum absolute atomic E-state index is 0.0652. The number of thiol groups is 1. The van der Waals surface area contributed by atoms with E-state index in [0.717, 1.165) is 17.1 Å². The first-order valence-electron chi connectivity index (χ1n) is 13.4. The van der Waals surface area contributed by atoms with Gasteiger partial charge in [0, 0.05) is 27.1 Å². The van der Waals surface area contributed by atoms with Crippen LogP contribution >= 0.6 is 22.5 Å². The number of hydrogen-bond donors (Lipinski definition) is 1. The van der Waals surface area contributed by atoms with E-state index < -0.39 is 0 Å². The molecule has 3 heteroatoms. The Hall–Kier alpha value is -3.40. The molecule has 0 aliphatic heterocycles. The normalized spacial score (nSPS) is 13.6. The lowest BCUT2D eigenvalue weighted by Crippen LogP contribution is -2.17. The molecule has 0 saturated heterocycles. The van der Waals surface area contributed by atoms with Crippen LogP contribution in [-0.2, 0) is 10.2 Å². The lowest BCUT2D eigenvalue weighted by atomic mass is 9.82. The topological polar surface area (TPSA) is 3.24 Å². The summed E-state index contributed by atoms with van der Waals surface area (Å²) in [6.45, 7) is 9.11. The lowest BCUT2D eigenvalue weighted by Gasteiger charge is -2.30. The molecule has 0 unspecified atom stereocenters. The Labute approximate surface area is 241 Å². The first-order valence-corrected chi connectivity index (χ1v) is 15.3. The van der Waals surface area contributed by atoms with Crippen molar-refractivity contribution < 1.29 is 0 Å². The molecule has 0 fully saturated rings. The number of rotatable bonds is 6. The molecule has 1 nitrogen and oxygen atoms in total. The maximum Gasteiger partial charge on any atom is 0.0540 e. The molecular formula is C36H33NS2. The summed E-state index contributed by atoms with van der Waals surface area (Å²) in [6.07, 6.45) is 0. The molecule has 39 heavy (non-hydrogen) atoms. The van der Waals surface area contributed by atoms with Crippen LogP contribution in [0.15, 0.2) is 121 Å². The zero-order valence-corrected chi connectivity index (χ0v) is 24.6. The van der Waals surface area contributed by atoms with Gasteiger partial charge >= 0.3 is 0 Å². The monoisotopic (exact) mass is 543 g/mol. The van der Waals surface area contributed by atoms with Crippen LogP contribution in [0.5, 0.6) is 0 Å². The zero-order valence-electron chi connectivity index (χ0n) is 22.8. The van der Waals surface area contributed by atoms with Crippen molar-refractivity contribution in [1.82, 2.24) is 0 Å². The first-order chi connectivity index (χ1) is 18.8. The van der Waals surface area contributed by atoms with Gasteiger partial charge in [0.1, 0.15) is 0 Å². The predicted octanol–water partition coefficient (Wildman–Crippen LogP) is 10.9. The minimum Gasteiger partial charge on any atom is -0.310 e. The highest BCUT2D eigenvalue weighted by Crippen LogP contribution is 2.51. The van der Waals surface area contributed by atoms with E-state index in [-0.39, 0.29) is 10.2 Å². The largest absolute Gasteiger partial charge is 0.310 e. The average molecular weight is 544 g/mol. The van der Waals surface area contributed by atoms with Crippen LogP contribution in [0.2, 0.25) is 0 Å². The number of benzene rings is 5. The van der Waals surface area contributed by atoms with Crippen molar-refractivity contribution in [3.63, 3.8) is 0 Å². The number of fused-ring (bicyclic) bond motifs is 3. The van der Waals surface area contributed by atoms with E-state index in [0.29, 0.717) is 0 Å². The van der Waals surface area contributed by atoms with Crippen LogP contribution < -0.4 is 4.90 Å². The molecule has 194 valence electrons. The van der Waals surface area contributed by atoms with Gasteiger partial charge in [-0.25, -0.2) is 0 Å². The maximum atomic E-state index is 4.53. The molecule has 0 amide bonds. The van der Waals surface area contributed by atoms with E-state index in [1.807, 2.05) is 0 Å². The number of anilines is 3. The highest BCUT2D eigenvalue weighted by molar-refractivity contribution is 8.69. The van der Waals surface area contributed by atoms with E-state index in [4.69, 9.17) is 0 Å². The minimum atomic E-state index is -0.0716. The van der Waals surface area contributed by atoms with Crippen molar-refractivity contribution in [2.24, 2.45) is 0 Å². The summed E-state index contributed by atoms with van der Waals surface area (Å²) in [4.78, 5) is 2.41. The molecule has 0 bridgehead atoms. The molecule has 0 aromatic heterocycles. The molecule has 1 aliphatic carbocycles. The predicted molar refractivity (Wildman–Crippen MR) is 174 cm³/mol. The summed E-state index contributed by atoms with van der Waals surface area (Å²) in [5, 5.41) is 0. The fourth-order valence-corrected chi connectivity index (χ4v) is 6.41. The van der Waals surface area contributed by atoms with Gasteiger partial charge in [-0.3, -0.25) is 0 Å². The van der Waals surface area contributed by atoms with Gasteiger partial charge in [-0.05, 0) is 77.6 Å². The van der Waals surface area contributed by atoms with Gasteiger partial charge < -0.3 is 4.90 Å². The van der Waals surface area contributed by atoms with E-state index in [1.165, 1.54) is 38.9 Å². The Kier molecular flexibility index (Phi) is 6.61. The summed E-state index contributed by atoms with van der Waals surface area (Å²) in [5.41, 5.74) is 12.5. The Bertz CT molecular complexity index is 1640. The lowest BCUT2D eigenvalue weighted by molar-refractivity contribution is 0.660. The maximum absolute atomic E-state index is 4.53. The van der Waals surface area contributed by atoms with Gasteiger partial charge in [-0.15, -0.1) is 11.7 Å². The van der Waals surface area contributed by atoms with Gasteiger partial charge in [0.15, 0.2) is 0 Å². The van der Waals surface area contributed by atoms with Gasteiger partial charge in [0.05, 0.1) is 5.69 Å². The second kappa shape index (κ2) is 9.97. The van der Waals surface area contributed by atoms with Crippen LogP contribution in [0.3, 0.4) is 0 Å². The molecule has 5 aromatic carbocycles. The smallest absolute Gasteiger partial charge is 0.0540 e. The third-order valence-electron chi connectivity index (χ3n) is 8.10. The Morgan fingerprint density at radius 3 is 1.92 bits per heavy atom. The number of para-hydroxylation sites is 1. The number of hydrogen-bond acceptors (Lipinski definition) is 3. The van der Waals surface area contributed by atoms with Gasteiger partial charge in [0.25, 0.3) is 0 Å². The fourth-order valence-electron chi connectivity index (χ4n) is 5.85. The van der Waals surface area contributed by atoms with Crippen molar-refractivity contribution in [3.8, 4) is 22.3 Å². The third kappa shape index (κ3) is 4.48. The van der Waals surface area contributed by atoms with Crippen LogP contribution in [-0.4, -0.2) is 0 Å².